The van der Waals surface area contributed by atoms with Crippen LogP contribution in [0, 0.1) is 18.8 Å². The Balaban J connectivity index is 1.85. The molecule has 0 saturated carbocycles. The van der Waals surface area contributed by atoms with Gasteiger partial charge in [-0.2, -0.15) is 0 Å². The monoisotopic (exact) mass is 338 g/mol. The average Bonchev–Trinajstić information content (AvgIpc) is 2.59. The maximum atomic E-state index is 12.8. The molecule has 1 heterocycles. The molecule has 2 atom stereocenters. The lowest BCUT2D eigenvalue weighted by Gasteiger charge is -2.33. The second kappa shape index (κ2) is 7.70. The largest absolute Gasteiger partial charge is 0.497 e. The second-order valence-electron chi connectivity index (χ2n) is 6.83. The quantitative estimate of drug-likeness (QED) is 0.851. The Hall–Kier alpha value is -2.33. The minimum Gasteiger partial charge on any atom is -0.497 e. The van der Waals surface area contributed by atoms with Crippen LogP contribution in [0.5, 0.6) is 5.75 Å². The van der Waals surface area contributed by atoms with Gasteiger partial charge in [-0.3, -0.25) is 4.79 Å². The molecule has 0 radical (unpaired) electrons. The lowest BCUT2D eigenvalue weighted by atomic mass is 9.87. The summed E-state index contributed by atoms with van der Waals surface area (Å²) in [6, 6.07) is 16.1. The van der Waals surface area contributed by atoms with Crippen molar-refractivity contribution in [3.05, 3.63) is 65.2 Å². The van der Waals surface area contributed by atoms with Crippen molar-refractivity contribution in [3.63, 3.8) is 0 Å². The summed E-state index contributed by atoms with van der Waals surface area (Å²) >= 11 is 0. The molecule has 1 amide bonds. The summed E-state index contributed by atoms with van der Waals surface area (Å²) in [5.41, 5.74) is 3.34. The van der Waals surface area contributed by atoms with Crippen molar-refractivity contribution in [2.45, 2.75) is 19.9 Å². The topological polar surface area (TPSA) is 50.4 Å². The minimum absolute atomic E-state index is 0.00690. The summed E-state index contributed by atoms with van der Waals surface area (Å²) < 4.78 is 5.25. The van der Waals surface area contributed by atoms with E-state index in [1.54, 1.807) is 7.11 Å². The van der Waals surface area contributed by atoms with Gasteiger partial charge in [0.15, 0.2) is 0 Å². The van der Waals surface area contributed by atoms with Gasteiger partial charge in [0, 0.05) is 5.92 Å². The maximum absolute atomic E-state index is 12.8. The summed E-state index contributed by atoms with van der Waals surface area (Å²) in [7, 11) is 1.66. The number of amides is 1. The first-order chi connectivity index (χ1) is 12.1. The summed E-state index contributed by atoms with van der Waals surface area (Å²) in [5.74, 6) is 1.35. The van der Waals surface area contributed by atoms with Gasteiger partial charge in [0.25, 0.3) is 0 Å². The van der Waals surface area contributed by atoms with Gasteiger partial charge in [0.05, 0.1) is 13.2 Å². The van der Waals surface area contributed by atoms with Crippen LogP contribution < -0.4 is 15.4 Å². The van der Waals surface area contributed by atoms with E-state index in [2.05, 4.69) is 41.8 Å². The van der Waals surface area contributed by atoms with Gasteiger partial charge in [0.2, 0.25) is 5.91 Å². The van der Waals surface area contributed by atoms with Gasteiger partial charge in [0.1, 0.15) is 5.75 Å². The number of carbonyl (C=O) groups excluding carboxylic acids is 1. The fourth-order valence-electron chi connectivity index (χ4n) is 3.07. The van der Waals surface area contributed by atoms with Crippen LogP contribution in [-0.4, -0.2) is 26.1 Å². The number of ether oxygens (including phenoxy) is 1. The highest BCUT2D eigenvalue weighted by Crippen LogP contribution is 2.26. The highest BCUT2D eigenvalue weighted by molar-refractivity contribution is 5.79. The number of nitrogens with one attached hydrogen (secondary N) is 2. The molecule has 1 saturated heterocycles. The molecule has 2 N–H and O–H groups in total. The van der Waals surface area contributed by atoms with Crippen LogP contribution in [0.1, 0.15) is 29.7 Å². The molecule has 2 aromatic rings. The molecule has 132 valence electrons. The second-order valence-corrected chi connectivity index (χ2v) is 6.83. The number of benzene rings is 2. The molecule has 1 aliphatic rings. The summed E-state index contributed by atoms with van der Waals surface area (Å²) in [6.07, 6.45) is 0. The van der Waals surface area contributed by atoms with Crippen LogP contribution in [0.15, 0.2) is 48.5 Å². The molecule has 0 aromatic heterocycles. The molecule has 1 aliphatic heterocycles. The highest BCUT2D eigenvalue weighted by atomic mass is 16.5. The molecule has 4 heteroatoms. The number of hydrogen-bond donors (Lipinski definition) is 2. The van der Waals surface area contributed by atoms with E-state index in [1.165, 1.54) is 5.56 Å². The van der Waals surface area contributed by atoms with Crippen molar-refractivity contribution in [2.24, 2.45) is 11.8 Å². The smallest absolute Gasteiger partial charge is 0.223 e. The Morgan fingerprint density at radius 3 is 2.12 bits per heavy atom. The Morgan fingerprint density at radius 2 is 1.64 bits per heavy atom. The van der Waals surface area contributed by atoms with Crippen LogP contribution in [0.3, 0.4) is 0 Å². The first-order valence-corrected chi connectivity index (χ1v) is 8.80. The van der Waals surface area contributed by atoms with E-state index in [0.717, 1.165) is 30.0 Å². The molecule has 2 aromatic carbocycles. The lowest BCUT2D eigenvalue weighted by molar-refractivity contribution is -0.127. The van der Waals surface area contributed by atoms with Gasteiger partial charge >= 0.3 is 0 Å². The first kappa shape index (κ1) is 17.5. The van der Waals surface area contributed by atoms with Crippen molar-refractivity contribution in [1.82, 2.24) is 10.6 Å². The zero-order valence-electron chi connectivity index (χ0n) is 15.1. The number of rotatable bonds is 6. The molecule has 25 heavy (non-hydrogen) atoms. The lowest BCUT2D eigenvalue weighted by Crippen LogP contribution is -2.50. The van der Waals surface area contributed by atoms with Gasteiger partial charge in [-0.05, 0) is 49.2 Å². The van der Waals surface area contributed by atoms with Crippen molar-refractivity contribution >= 4 is 5.91 Å². The summed E-state index contributed by atoms with van der Waals surface area (Å²) in [4.78, 5) is 12.8. The van der Waals surface area contributed by atoms with E-state index < -0.39 is 0 Å². The fourth-order valence-corrected chi connectivity index (χ4v) is 3.07. The highest BCUT2D eigenvalue weighted by Gasteiger charge is 2.30. The van der Waals surface area contributed by atoms with Crippen LogP contribution in [0.4, 0.5) is 0 Å². The van der Waals surface area contributed by atoms with Gasteiger partial charge in [-0.25, -0.2) is 0 Å². The molecule has 4 nitrogen and oxygen atoms in total. The van der Waals surface area contributed by atoms with Crippen molar-refractivity contribution in [1.29, 1.82) is 0 Å². The van der Waals surface area contributed by atoms with Crippen LogP contribution >= 0.6 is 0 Å². The van der Waals surface area contributed by atoms with E-state index in [0.29, 0.717) is 5.92 Å². The fraction of sp³-hybridized carbons (Fsp3) is 0.381. The SMILES string of the molecule is COc1ccc(C(NC(=O)C(C)C2CNC2)c2ccc(C)cc2)cc1. The molecule has 3 rings (SSSR count). The van der Waals surface area contributed by atoms with E-state index in [4.69, 9.17) is 4.74 Å². The standard InChI is InChI=1S/C21H26N2O2/c1-14-4-6-16(7-5-14)20(17-8-10-19(25-3)11-9-17)23-21(24)15(2)18-12-22-13-18/h4-11,15,18,20,22H,12-13H2,1-3H3,(H,23,24). The van der Waals surface area contributed by atoms with Crippen molar-refractivity contribution < 1.29 is 9.53 Å². The Morgan fingerprint density at radius 1 is 1.08 bits per heavy atom. The van der Waals surface area contributed by atoms with E-state index in [-0.39, 0.29) is 17.9 Å². The zero-order chi connectivity index (χ0) is 17.8. The van der Waals surface area contributed by atoms with Crippen LogP contribution in [0.2, 0.25) is 0 Å². The zero-order valence-corrected chi connectivity index (χ0v) is 15.1. The van der Waals surface area contributed by atoms with Gasteiger partial charge in [-0.1, -0.05) is 48.9 Å². The van der Waals surface area contributed by atoms with Crippen LogP contribution in [0.25, 0.3) is 0 Å². The third-order valence-electron chi connectivity index (χ3n) is 5.08. The molecule has 0 aliphatic carbocycles. The maximum Gasteiger partial charge on any atom is 0.223 e. The number of carbonyl (C=O) groups is 1. The average molecular weight is 338 g/mol. The third-order valence-corrected chi connectivity index (χ3v) is 5.08. The summed E-state index contributed by atoms with van der Waals surface area (Å²) in [5, 5.41) is 6.49. The molecule has 0 bridgehead atoms. The molecular weight excluding hydrogens is 312 g/mol. The van der Waals surface area contributed by atoms with Gasteiger partial charge < -0.3 is 15.4 Å². The first-order valence-electron chi connectivity index (χ1n) is 8.80. The van der Waals surface area contributed by atoms with Crippen molar-refractivity contribution in [2.75, 3.05) is 20.2 Å². The van der Waals surface area contributed by atoms with Crippen LogP contribution in [-0.2, 0) is 4.79 Å². The predicted octanol–water partition coefficient (Wildman–Crippen LogP) is 3.06. The summed E-state index contributed by atoms with van der Waals surface area (Å²) in [6.45, 7) is 5.93. The Bertz CT molecular complexity index is 706. The molecule has 2 unspecified atom stereocenters. The normalized spacial score (nSPS) is 16.6. The third kappa shape index (κ3) is 4.02. The van der Waals surface area contributed by atoms with Gasteiger partial charge in [-0.15, -0.1) is 0 Å². The van der Waals surface area contributed by atoms with E-state index in [9.17, 15) is 4.79 Å². The predicted molar refractivity (Wildman–Crippen MR) is 99.7 cm³/mol. The molecule has 0 spiro atoms. The molecular formula is C21H26N2O2. The van der Waals surface area contributed by atoms with Crippen molar-refractivity contribution in [3.8, 4) is 5.75 Å². The number of aryl methyl sites for hydroxylation is 1. The molecule has 1 fully saturated rings. The van der Waals surface area contributed by atoms with E-state index >= 15 is 0 Å². The Labute approximate surface area is 149 Å². The van der Waals surface area contributed by atoms with E-state index in [1.807, 2.05) is 31.2 Å². The number of methoxy groups -OCH3 is 1. The number of hydrogen-bond acceptors (Lipinski definition) is 3. The Kier molecular flexibility index (Phi) is 5.39. The minimum atomic E-state index is -0.158.